The third kappa shape index (κ3) is 6.62. The fourth-order valence-corrected chi connectivity index (χ4v) is 2.61. The molecule has 0 heterocycles. The average molecular weight is 268 g/mol. The van der Waals surface area contributed by atoms with Crippen molar-refractivity contribution in [2.24, 2.45) is 11.8 Å². The molecule has 4 heteroatoms. The van der Waals surface area contributed by atoms with Crippen LogP contribution in [0.1, 0.15) is 32.1 Å². The van der Waals surface area contributed by atoms with Gasteiger partial charge in [-0.3, -0.25) is 0 Å². The number of hydrogen-bond donors (Lipinski definition) is 1. The SMILES string of the molecule is CN(C)CC=CC1CCC(CCN(C)C(=O)O)CC1. The summed E-state index contributed by atoms with van der Waals surface area (Å²) in [4.78, 5) is 14.3. The number of likely N-dealkylation sites (N-methyl/N-ethyl adjacent to an activating group) is 1. The van der Waals surface area contributed by atoms with Crippen LogP contribution in [0.15, 0.2) is 12.2 Å². The lowest BCUT2D eigenvalue weighted by atomic mass is 9.80. The van der Waals surface area contributed by atoms with E-state index in [1.807, 2.05) is 0 Å². The molecule has 1 aliphatic rings. The maximum Gasteiger partial charge on any atom is 0.407 e. The minimum atomic E-state index is -0.819. The summed E-state index contributed by atoms with van der Waals surface area (Å²) in [6, 6.07) is 0. The lowest BCUT2D eigenvalue weighted by Gasteiger charge is -2.27. The Kier molecular flexibility index (Phi) is 6.92. The highest BCUT2D eigenvalue weighted by atomic mass is 16.4. The predicted molar refractivity (Wildman–Crippen MR) is 78.4 cm³/mol. The fourth-order valence-electron chi connectivity index (χ4n) is 2.61. The molecule has 0 atom stereocenters. The molecular weight excluding hydrogens is 240 g/mol. The molecule has 1 fully saturated rings. The van der Waals surface area contributed by atoms with E-state index in [0.717, 1.165) is 18.9 Å². The first-order chi connectivity index (χ1) is 8.99. The van der Waals surface area contributed by atoms with Gasteiger partial charge in [0.05, 0.1) is 0 Å². The van der Waals surface area contributed by atoms with Crippen molar-refractivity contribution in [2.75, 3.05) is 34.2 Å². The lowest BCUT2D eigenvalue weighted by Crippen LogP contribution is -2.28. The van der Waals surface area contributed by atoms with Crippen molar-refractivity contribution in [3.63, 3.8) is 0 Å². The maximum atomic E-state index is 10.7. The minimum Gasteiger partial charge on any atom is -0.465 e. The van der Waals surface area contributed by atoms with Gasteiger partial charge in [-0.1, -0.05) is 12.2 Å². The van der Waals surface area contributed by atoms with Crippen molar-refractivity contribution in [1.29, 1.82) is 0 Å². The Morgan fingerprint density at radius 3 is 2.37 bits per heavy atom. The summed E-state index contributed by atoms with van der Waals surface area (Å²) < 4.78 is 0. The molecule has 0 aromatic heterocycles. The monoisotopic (exact) mass is 268 g/mol. The largest absolute Gasteiger partial charge is 0.465 e. The molecule has 4 nitrogen and oxygen atoms in total. The molecule has 0 aliphatic heterocycles. The van der Waals surface area contributed by atoms with Gasteiger partial charge in [-0.25, -0.2) is 4.79 Å². The number of allylic oxidation sites excluding steroid dienone is 1. The van der Waals surface area contributed by atoms with Crippen molar-refractivity contribution >= 4 is 6.09 Å². The van der Waals surface area contributed by atoms with Crippen molar-refractivity contribution in [3.8, 4) is 0 Å². The lowest BCUT2D eigenvalue weighted by molar-refractivity contribution is 0.150. The van der Waals surface area contributed by atoms with Crippen LogP contribution < -0.4 is 0 Å². The molecule has 1 amide bonds. The molecule has 0 saturated heterocycles. The van der Waals surface area contributed by atoms with E-state index >= 15 is 0 Å². The minimum absolute atomic E-state index is 0.668. The van der Waals surface area contributed by atoms with Gasteiger partial charge in [-0.15, -0.1) is 0 Å². The third-order valence-corrected chi connectivity index (χ3v) is 3.97. The topological polar surface area (TPSA) is 43.8 Å². The number of amides is 1. The molecule has 0 aromatic carbocycles. The van der Waals surface area contributed by atoms with E-state index in [0.29, 0.717) is 12.5 Å². The molecule has 19 heavy (non-hydrogen) atoms. The Hall–Kier alpha value is -1.03. The smallest absolute Gasteiger partial charge is 0.407 e. The first-order valence-electron chi connectivity index (χ1n) is 7.24. The van der Waals surface area contributed by atoms with Crippen LogP contribution in [0.2, 0.25) is 0 Å². The second-order valence-electron chi connectivity index (χ2n) is 5.96. The molecular formula is C15H28N2O2. The first-order valence-corrected chi connectivity index (χ1v) is 7.24. The van der Waals surface area contributed by atoms with Gasteiger partial charge in [0.15, 0.2) is 0 Å². The molecule has 1 aliphatic carbocycles. The Labute approximate surface area is 117 Å². The third-order valence-electron chi connectivity index (χ3n) is 3.97. The zero-order valence-electron chi connectivity index (χ0n) is 12.5. The van der Waals surface area contributed by atoms with Crippen molar-refractivity contribution < 1.29 is 9.90 Å². The Bertz CT molecular complexity index is 295. The summed E-state index contributed by atoms with van der Waals surface area (Å²) in [6.45, 7) is 1.68. The Morgan fingerprint density at radius 2 is 1.84 bits per heavy atom. The van der Waals surface area contributed by atoms with Gasteiger partial charge in [0.25, 0.3) is 0 Å². The van der Waals surface area contributed by atoms with Gasteiger partial charge in [-0.05, 0) is 58.0 Å². The molecule has 0 unspecified atom stereocenters. The molecule has 0 spiro atoms. The van der Waals surface area contributed by atoms with E-state index in [-0.39, 0.29) is 0 Å². The van der Waals surface area contributed by atoms with Crippen molar-refractivity contribution in [3.05, 3.63) is 12.2 Å². The molecule has 0 bridgehead atoms. The van der Waals surface area contributed by atoms with Gasteiger partial charge in [0.2, 0.25) is 0 Å². The van der Waals surface area contributed by atoms with E-state index in [2.05, 4.69) is 31.1 Å². The molecule has 1 saturated carbocycles. The number of hydrogen-bond acceptors (Lipinski definition) is 2. The van der Waals surface area contributed by atoms with Crippen LogP contribution in [0, 0.1) is 11.8 Å². The molecule has 110 valence electrons. The Morgan fingerprint density at radius 1 is 1.21 bits per heavy atom. The van der Waals surface area contributed by atoms with E-state index in [9.17, 15) is 4.79 Å². The van der Waals surface area contributed by atoms with Crippen LogP contribution in [-0.4, -0.2) is 55.2 Å². The quantitative estimate of drug-likeness (QED) is 0.753. The van der Waals surface area contributed by atoms with Crippen LogP contribution in [0.5, 0.6) is 0 Å². The van der Waals surface area contributed by atoms with Crippen LogP contribution in [0.4, 0.5) is 4.79 Å². The summed E-state index contributed by atoms with van der Waals surface area (Å²) in [5, 5.41) is 8.81. The molecule has 1 rings (SSSR count). The van der Waals surface area contributed by atoms with E-state index in [1.165, 1.54) is 30.6 Å². The van der Waals surface area contributed by atoms with Crippen LogP contribution in [0.3, 0.4) is 0 Å². The Balaban J connectivity index is 2.18. The van der Waals surface area contributed by atoms with Crippen LogP contribution >= 0.6 is 0 Å². The van der Waals surface area contributed by atoms with Gasteiger partial charge < -0.3 is 14.9 Å². The number of carboxylic acid groups (broad SMARTS) is 1. The number of rotatable bonds is 6. The molecule has 0 radical (unpaired) electrons. The fraction of sp³-hybridized carbons (Fsp3) is 0.800. The zero-order chi connectivity index (χ0) is 14.3. The van der Waals surface area contributed by atoms with E-state index in [4.69, 9.17) is 5.11 Å². The summed E-state index contributed by atoms with van der Waals surface area (Å²) in [5.41, 5.74) is 0. The standard InChI is InChI=1S/C15H28N2O2/c1-16(2)11-4-5-13-6-8-14(9-7-13)10-12-17(3)15(18)19/h4-5,13-14H,6-12H2,1-3H3,(H,18,19). The number of carbonyl (C=O) groups is 1. The normalized spacial score (nSPS) is 24.0. The highest BCUT2D eigenvalue weighted by Crippen LogP contribution is 2.31. The summed E-state index contributed by atoms with van der Waals surface area (Å²) >= 11 is 0. The molecule has 1 N–H and O–H groups in total. The summed E-state index contributed by atoms with van der Waals surface area (Å²) in [7, 11) is 5.82. The van der Waals surface area contributed by atoms with Crippen LogP contribution in [0.25, 0.3) is 0 Å². The highest BCUT2D eigenvalue weighted by Gasteiger charge is 2.20. The zero-order valence-corrected chi connectivity index (χ0v) is 12.5. The van der Waals surface area contributed by atoms with Gasteiger partial charge in [-0.2, -0.15) is 0 Å². The second-order valence-corrected chi connectivity index (χ2v) is 5.96. The summed E-state index contributed by atoms with van der Waals surface area (Å²) in [5.74, 6) is 1.44. The van der Waals surface area contributed by atoms with E-state index < -0.39 is 6.09 Å². The average Bonchev–Trinajstić information content (AvgIpc) is 2.37. The van der Waals surface area contributed by atoms with Gasteiger partial charge in [0, 0.05) is 20.1 Å². The summed E-state index contributed by atoms with van der Waals surface area (Å²) in [6.07, 6.45) is 9.81. The second kappa shape index (κ2) is 8.20. The first kappa shape index (κ1) is 16.0. The highest BCUT2D eigenvalue weighted by molar-refractivity contribution is 5.64. The van der Waals surface area contributed by atoms with Crippen LogP contribution in [-0.2, 0) is 0 Å². The molecule has 0 aromatic rings. The van der Waals surface area contributed by atoms with Gasteiger partial charge >= 0.3 is 6.09 Å². The van der Waals surface area contributed by atoms with E-state index in [1.54, 1.807) is 7.05 Å². The maximum absolute atomic E-state index is 10.7. The van der Waals surface area contributed by atoms with Crippen molar-refractivity contribution in [1.82, 2.24) is 9.80 Å². The van der Waals surface area contributed by atoms with Gasteiger partial charge in [0.1, 0.15) is 0 Å². The number of nitrogens with zero attached hydrogens (tertiary/aromatic N) is 2. The predicted octanol–water partition coefficient (Wildman–Crippen LogP) is 2.91. The van der Waals surface area contributed by atoms with Crippen molar-refractivity contribution in [2.45, 2.75) is 32.1 Å².